The summed E-state index contributed by atoms with van der Waals surface area (Å²) in [6, 6.07) is 1.43. The first-order chi connectivity index (χ1) is 4.24. The number of halogens is 3. The van der Waals surface area contributed by atoms with Crippen molar-refractivity contribution in [1.29, 1.82) is 0 Å². The van der Waals surface area contributed by atoms with Gasteiger partial charge in [0.25, 0.3) is 0 Å². The zero-order chi connectivity index (χ0) is 6.85. The molecule has 1 aromatic heterocycles. The molecule has 0 fully saturated rings. The predicted octanol–water partition coefficient (Wildman–Crippen LogP) is 3.39. The maximum atomic E-state index is 12.3. The van der Waals surface area contributed by atoms with E-state index >= 15 is 0 Å². The Morgan fingerprint density at radius 3 is 2.67 bits per heavy atom. The van der Waals surface area contributed by atoms with E-state index in [0.717, 1.165) is 20.7 Å². The molecule has 0 radical (unpaired) electrons. The number of thiophene rings is 1. The van der Waals surface area contributed by atoms with E-state index in [9.17, 15) is 4.39 Å². The Balaban J connectivity index is 3.01. The molecule has 0 saturated carbocycles. The van der Waals surface area contributed by atoms with Gasteiger partial charge in [-0.2, -0.15) is 4.39 Å². The second-order valence-electron chi connectivity index (χ2n) is 1.48. The van der Waals surface area contributed by atoms with Crippen molar-refractivity contribution in [3.8, 4) is 0 Å². The van der Waals surface area contributed by atoms with E-state index < -0.39 is 0 Å². The smallest absolute Gasteiger partial charge is 0.177 e. The van der Waals surface area contributed by atoms with Gasteiger partial charge in [0.1, 0.15) is 0 Å². The van der Waals surface area contributed by atoms with Crippen LogP contribution in [0.1, 0.15) is 5.56 Å². The standard InChI is InChI=1S/C5H3BrClFS/c6-5-3(2-7)1-4(8)9-5/h1H,2H2. The monoisotopic (exact) mass is 228 g/mol. The molecule has 0 amide bonds. The summed E-state index contributed by atoms with van der Waals surface area (Å²) in [7, 11) is 0. The van der Waals surface area contributed by atoms with Gasteiger partial charge in [-0.05, 0) is 27.6 Å². The highest BCUT2D eigenvalue weighted by Gasteiger charge is 2.03. The first-order valence-corrected chi connectivity index (χ1v) is 4.38. The summed E-state index contributed by atoms with van der Waals surface area (Å²) in [6.07, 6.45) is 0. The Labute approximate surface area is 69.8 Å². The molecule has 0 unspecified atom stereocenters. The van der Waals surface area contributed by atoms with Crippen LogP contribution in [0.5, 0.6) is 0 Å². The van der Waals surface area contributed by atoms with Crippen LogP contribution in [0.15, 0.2) is 9.85 Å². The Morgan fingerprint density at radius 1 is 1.78 bits per heavy atom. The maximum absolute atomic E-state index is 12.3. The zero-order valence-corrected chi connectivity index (χ0v) is 7.49. The van der Waals surface area contributed by atoms with Gasteiger partial charge < -0.3 is 0 Å². The molecule has 0 aromatic carbocycles. The third-order valence-electron chi connectivity index (χ3n) is 0.871. The first-order valence-electron chi connectivity index (χ1n) is 2.23. The van der Waals surface area contributed by atoms with Gasteiger partial charge >= 0.3 is 0 Å². The Morgan fingerprint density at radius 2 is 2.44 bits per heavy atom. The average Bonchev–Trinajstić information content (AvgIpc) is 2.10. The van der Waals surface area contributed by atoms with Crippen LogP contribution in [-0.2, 0) is 5.88 Å². The fourth-order valence-electron chi connectivity index (χ4n) is 0.465. The predicted molar refractivity (Wildman–Crippen MR) is 41.5 cm³/mol. The van der Waals surface area contributed by atoms with Crippen molar-refractivity contribution in [1.82, 2.24) is 0 Å². The van der Waals surface area contributed by atoms with E-state index in [1.165, 1.54) is 6.07 Å². The second-order valence-corrected chi connectivity index (χ2v) is 4.07. The molecule has 0 saturated heterocycles. The number of hydrogen-bond acceptors (Lipinski definition) is 1. The van der Waals surface area contributed by atoms with E-state index in [-0.39, 0.29) is 5.13 Å². The summed E-state index contributed by atoms with van der Waals surface area (Å²) >= 11 is 9.69. The molecule has 0 aliphatic heterocycles. The number of rotatable bonds is 1. The second kappa shape index (κ2) is 2.99. The maximum Gasteiger partial charge on any atom is 0.177 e. The van der Waals surface area contributed by atoms with Gasteiger partial charge in [-0.3, -0.25) is 0 Å². The van der Waals surface area contributed by atoms with Crippen molar-refractivity contribution >= 4 is 38.9 Å². The highest BCUT2D eigenvalue weighted by molar-refractivity contribution is 9.11. The van der Waals surface area contributed by atoms with Crippen molar-refractivity contribution in [2.75, 3.05) is 0 Å². The highest BCUT2D eigenvalue weighted by Crippen LogP contribution is 2.27. The number of alkyl halides is 1. The van der Waals surface area contributed by atoms with Gasteiger partial charge in [0.2, 0.25) is 0 Å². The van der Waals surface area contributed by atoms with E-state index in [1.54, 1.807) is 0 Å². The summed E-state index contributed by atoms with van der Waals surface area (Å²) in [6.45, 7) is 0. The minimum atomic E-state index is -0.197. The third-order valence-corrected chi connectivity index (χ3v) is 2.91. The van der Waals surface area contributed by atoms with E-state index in [2.05, 4.69) is 15.9 Å². The molecule has 1 heterocycles. The minimum absolute atomic E-state index is 0.197. The average molecular weight is 230 g/mol. The first kappa shape index (κ1) is 7.51. The molecule has 9 heavy (non-hydrogen) atoms. The molecule has 4 heteroatoms. The molecular weight excluding hydrogens is 226 g/mol. The van der Waals surface area contributed by atoms with Crippen LogP contribution in [0.4, 0.5) is 4.39 Å². The fraction of sp³-hybridized carbons (Fsp3) is 0.200. The Bertz CT molecular complexity index is 211. The SMILES string of the molecule is Fc1cc(CCl)c(Br)s1. The van der Waals surface area contributed by atoms with Gasteiger partial charge in [0.15, 0.2) is 5.13 Å². The van der Waals surface area contributed by atoms with Crippen molar-refractivity contribution in [3.63, 3.8) is 0 Å². The molecule has 0 aliphatic carbocycles. The molecule has 1 aromatic rings. The molecular formula is C5H3BrClFS. The fourth-order valence-corrected chi connectivity index (χ4v) is 2.27. The molecule has 50 valence electrons. The van der Waals surface area contributed by atoms with E-state index in [0.29, 0.717) is 5.88 Å². The van der Waals surface area contributed by atoms with Gasteiger partial charge in [-0.25, -0.2) is 0 Å². The van der Waals surface area contributed by atoms with Crippen LogP contribution in [0.2, 0.25) is 0 Å². The summed E-state index contributed by atoms with van der Waals surface area (Å²) in [5.74, 6) is 0.362. The lowest BCUT2D eigenvalue weighted by molar-refractivity contribution is 0.656. The normalized spacial score (nSPS) is 10.1. The Kier molecular flexibility index (Phi) is 2.50. The number of hydrogen-bond donors (Lipinski definition) is 0. The summed E-state index contributed by atoms with van der Waals surface area (Å²) in [4.78, 5) is 0. The lowest BCUT2D eigenvalue weighted by Gasteiger charge is -1.83. The van der Waals surface area contributed by atoms with E-state index in [1.807, 2.05) is 0 Å². The quantitative estimate of drug-likeness (QED) is 0.648. The van der Waals surface area contributed by atoms with Crippen LogP contribution in [0.25, 0.3) is 0 Å². The summed E-state index contributed by atoms with van der Waals surface area (Å²) < 4.78 is 13.1. The molecule has 0 aliphatic rings. The summed E-state index contributed by atoms with van der Waals surface area (Å²) in [5.41, 5.74) is 0.819. The van der Waals surface area contributed by atoms with Crippen molar-refractivity contribution < 1.29 is 4.39 Å². The van der Waals surface area contributed by atoms with Crippen molar-refractivity contribution in [3.05, 3.63) is 20.5 Å². The van der Waals surface area contributed by atoms with Crippen LogP contribution in [-0.4, -0.2) is 0 Å². The van der Waals surface area contributed by atoms with E-state index in [4.69, 9.17) is 11.6 Å². The van der Waals surface area contributed by atoms with Crippen molar-refractivity contribution in [2.24, 2.45) is 0 Å². The van der Waals surface area contributed by atoms with Crippen LogP contribution >= 0.6 is 38.9 Å². The van der Waals surface area contributed by atoms with Gasteiger partial charge in [-0.15, -0.1) is 11.6 Å². The molecule has 0 bridgehead atoms. The van der Waals surface area contributed by atoms with Crippen LogP contribution in [0, 0.1) is 5.13 Å². The topological polar surface area (TPSA) is 0 Å². The van der Waals surface area contributed by atoms with Gasteiger partial charge in [0, 0.05) is 5.88 Å². The van der Waals surface area contributed by atoms with Gasteiger partial charge in [0.05, 0.1) is 3.79 Å². The molecule has 0 atom stereocenters. The van der Waals surface area contributed by atoms with Crippen LogP contribution < -0.4 is 0 Å². The van der Waals surface area contributed by atoms with Gasteiger partial charge in [-0.1, -0.05) is 11.3 Å². The Hall–Kier alpha value is 0.400. The lowest BCUT2D eigenvalue weighted by atomic mass is 10.4. The largest absolute Gasteiger partial charge is 0.195 e. The molecule has 1 rings (SSSR count). The highest BCUT2D eigenvalue weighted by atomic mass is 79.9. The lowest BCUT2D eigenvalue weighted by Crippen LogP contribution is -1.68. The summed E-state index contributed by atoms with van der Waals surface area (Å²) in [5, 5.41) is -0.197. The molecule has 0 spiro atoms. The van der Waals surface area contributed by atoms with Crippen LogP contribution in [0.3, 0.4) is 0 Å². The molecule has 0 N–H and O–H groups in total. The molecule has 0 nitrogen and oxygen atoms in total. The minimum Gasteiger partial charge on any atom is -0.195 e. The third kappa shape index (κ3) is 1.66. The van der Waals surface area contributed by atoms with Crippen molar-refractivity contribution in [2.45, 2.75) is 5.88 Å². The zero-order valence-electron chi connectivity index (χ0n) is 4.33.